The van der Waals surface area contributed by atoms with Gasteiger partial charge in [0.15, 0.2) is 0 Å². The minimum atomic E-state index is -0.110. The molecule has 92 valence electrons. The summed E-state index contributed by atoms with van der Waals surface area (Å²) in [6, 6.07) is 13.4. The normalized spacial score (nSPS) is 10.7. The molecule has 0 saturated carbocycles. The molecule has 1 aromatic heterocycles. The van der Waals surface area contributed by atoms with Crippen molar-refractivity contribution >= 4 is 12.1 Å². The molecule has 0 spiro atoms. The Morgan fingerprint density at radius 3 is 2.78 bits per heavy atom. The molecule has 2 rings (SSSR count). The van der Waals surface area contributed by atoms with Crippen LogP contribution in [0.25, 0.3) is 0 Å². The van der Waals surface area contributed by atoms with Crippen LogP contribution in [0.1, 0.15) is 17.7 Å². The van der Waals surface area contributed by atoms with E-state index in [1.165, 1.54) is 6.21 Å². The topological polar surface area (TPSA) is 54.6 Å². The van der Waals surface area contributed by atoms with E-state index >= 15 is 0 Å². The maximum atomic E-state index is 11.5. The van der Waals surface area contributed by atoms with Crippen LogP contribution in [-0.2, 0) is 11.2 Å². The first-order valence-electron chi connectivity index (χ1n) is 5.74. The summed E-state index contributed by atoms with van der Waals surface area (Å²) in [4.78, 5) is 11.5. The van der Waals surface area contributed by atoms with Gasteiger partial charge in [-0.25, -0.2) is 5.43 Å². The van der Waals surface area contributed by atoms with Gasteiger partial charge in [0.05, 0.1) is 12.5 Å². The minimum Gasteiger partial charge on any atom is -0.463 e. The highest BCUT2D eigenvalue weighted by molar-refractivity contribution is 5.80. The third kappa shape index (κ3) is 3.90. The van der Waals surface area contributed by atoms with Gasteiger partial charge in [-0.3, -0.25) is 4.79 Å². The lowest BCUT2D eigenvalue weighted by Gasteiger charge is -2.00. The van der Waals surface area contributed by atoms with Crippen LogP contribution >= 0.6 is 0 Å². The molecule has 0 radical (unpaired) electrons. The summed E-state index contributed by atoms with van der Waals surface area (Å²) >= 11 is 0. The zero-order valence-corrected chi connectivity index (χ0v) is 9.87. The molecule has 1 N–H and O–H groups in total. The SMILES string of the molecule is O=C(CCc1ccccc1)NN=Cc1ccco1. The lowest BCUT2D eigenvalue weighted by molar-refractivity contribution is -0.121. The van der Waals surface area contributed by atoms with E-state index in [9.17, 15) is 4.79 Å². The van der Waals surface area contributed by atoms with Crippen molar-refractivity contribution in [2.45, 2.75) is 12.8 Å². The van der Waals surface area contributed by atoms with Crippen LogP contribution in [0.5, 0.6) is 0 Å². The number of hydrogen-bond acceptors (Lipinski definition) is 3. The summed E-state index contributed by atoms with van der Waals surface area (Å²) in [6.45, 7) is 0. The average molecular weight is 242 g/mol. The van der Waals surface area contributed by atoms with Crippen molar-refractivity contribution in [3.05, 3.63) is 60.1 Å². The van der Waals surface area contributed by atoms with E-state index in [1.807, 2.05) is 30.3 Å². The summed E-state index contributed by atoms with van der Waals surface area (Å²) in [5.74, 6) is 0.500. The number of nitrogens with one attached hydrogen (secondary N) is 1. The van der Waals surface area contributed by atoms with Crippen molar-refractivity contribution < 1.29 is 9.21 Å². The Hall–Kier alpha value is -2.36. The molecule has 0 atom stereocenters. The second kappa shape index (κ2) is 6.39. The smallest absolute Gasteiger partial charge is 0.240 e. The fourth-order valence-corrected chi connectivity index (χ4v) is 1.49. The van der Waals surface area contributed by atoms with Gasteiger partial charge < -0.3 is 4.42 Å². The molecule has 2 aromatic rings. The predicted molar refractivity (Wildman–Crippen MR) is 69.2 cm³/mol. The maximum absolute atomic E-state index is 11.5. The molecule has 18 heavy (non-hydrogen) atoms. The predicted octanol–water partition coefficient (Wildman–Crippen LogP) is 2.36. The molecular formula is C14H14N2O2. The van der Waals surface area contributed by atoms with Gasteiger partial charge in [0, 0.05) is 6.42 Å². The van der Waals surface area contributed by atoms with Gasteiger partial charge in [-0.2, -0.15) is 5.10 Å². The molecule has 0 aliphatic heterocycles. The number of benzene rings is 1. The number of nitrogens with zero attached hydrogens (tertiary/aromatic N) is 1. The van der Waals surface area contributed by atoms with Gasteiger partial charge in [-0.05, 0) is 24.1 Å². The standard InChI is InChI=1S/C14H14N2O2/c17-14(9-8-12-5-2-1-3-6-12)16-15-11-13-7-4-10-18-13/h1-7,10-11H,8-9H2,(H,16,17). The van der Waals surface area contributed by atoms with E-state index < -0.39 is 0 Å². The van der Waals surface area contributed by atoms with Gasteiger partial charge in [-0.1, -0.05) is 30.3 Å². The van der Waals surface area contributed by atoms with Gasteiger partial charge in [-0.15, -0.1) is 0 Å². The van der Waals surface area contributed by atoms with Crippen molar-refractivity contribution in [1.29, 1.82) is 0 Å². The second-order valence-corrected chi connectivity index (χ2v) is 3.79. The summed E-state index contributed by atoms with van der Waals surface area (Å²) < 4.78 is 5.04. The Bertz CT molecular complexity index is 504. The van der Waals surface area contributed by atoms with Crippen molar-refractivity contribution in [3.8, 4) is 0 Å². The number of hydrogen-bond donors (Lipinski definition) is 1. The number of rotatable bonds is 5. The molecular weight excluding hydrogens is 228 g/mol. The summed E-state index contributed by atoms with van der Waals surface area (Å²) in [7, 11) is 0. The van der Waals surface area contributed by atoms with Crippen LogP contribution in [0.15, 0.2) is 58.2 Å². The highest BCUT2D eigenvalue weighted by Gasteiger charge is 2.00. The monoisotopic (exact) mass is 242 g/mol. The third-order valence-electron chi connectivity index (χ3n) is 2.41. The molecule has 1 aromatic carbocycles. The zero-order valence-electron chi connectivity index (χ0n) is 9.87. The number of furan rings is 1. The van der Waals surface area contributed by atoms with Crippen LogP contribution in [0.3, 0.4) is 0 Å². The van der Waals surface area contributed by atoms with Gasteiger partial charge >= 0.3 is 0 Å². The molecule has 0 fully saturated rings. The van der Waals surface area contributed by atoms with E-state index in [1.54, 1.807) is 18.4 Å². The molecule has 4 nitrogen and oxygen atoms in total. The average Bonchev–Trinajstić information content (AvgIpc) is 2.91. The summed E-state index contributed by atoms with van der Waals surface area (Å²) in [6.07, 6.45) is 4.15. The van der Waals surface area contributed by atoms with Crippen LogP contribution in [0, 0.1) is 0 Å². The molecule has 1 amide bonds. The lowest BCUT2D eigenvalue weighted by Crippen LogP contribution is -2.17. The Morgan fingerprint density at radius 1 is 1.22 bits per heavy atom. The first kappa shape index (κ1) is 12.1. The van der Waals surface area contributed by atoms with Crippen LogP contribution < -0.4 is 5.43 Å². The zero-order chi connectivity index (χ0) is 12.6. The lowest BCUT2D eigenvalue weighted by atomic mass is 10.1. The highest BCUT2D eigenvalue weighted by atomic mass is 16.3. The van der Waals surface area contributed by atoms with Crippen LogP contribution in [0.2, 0.25) is 0 Å². The Labute approximate surface area is 105 Å². The fourth-order valence-electron chi connectivity index (χ4n) is 1.49. The molecule has 0 saturated heterocycles. The number of carbonyl (C=O) groups is 1. The van der Waals surface area contributed by atoms with Gasteiger partial charge in [0.1, 0.15) is 5.76 Å². The minimum absolute atomic E-state index is 0.110. The Kier molecular flexibility index (Phi) is 4.30. The molecule has 1 heterocycles. The Morgan fingerprint density at radius 2 is 2.06 bits per heavy atom. The molecule has 0 unspecified atom stereocenters. The van der Waals surface area contributed by atoms with Crippen LogP contribution in [0.4, 0.5) is 0 Å². The first-order chi connectivity index (χ1) is 8.84. The number of hydrazone groups is 1. The van der Waals surface area contributed by atoms with Crippen molar-refractivity contribution in [3.63, 3.8) is 0 Å². The molecule has 0 aliphatic carbocycles. The number of carbonyl (C=O) groups excluding carboxylic acids is 1. The summed E-state index contributed by atoms with van der Waals surface area (Å²) in [5, 5.41) is 3.81. The van der Waals surface area contributed by atoms with Crippen molar-refractivity contribution in [2.24, 2.45) is 5.10 Å². The molecule has 0 aliphatic rings. The fraction of sp³-hybridized carbons (Fsp3) is 0.143. The van der Waals surface area contributed by atoms with Gasteiger partial charge in [0.2, 0.25) is 5.91 Å². The van der Waals surface area contributed by atoms with Gasteiger partial charge in [0.25, 0.3) is 0 Å². The Balaban J connectivity index is 1.73. The quantitative estimate of drug-likeness (QED) is 0.646. The van der Waals surface area contributed by atoms with Crippen molar-refractivity contribution in [1.82, 2.24) is 5.43 Å². The highest BCUT2D eigenvalue weighted by Crippen LogP contribution is 2.02. The van der Waals surface area contributed by atoms with E-state index in [2.05, 4.69) is 10.5 Å². The van der Waals surface area contributed by atoms with Crippen LogP contribution in [-0.4, -0.2) is 12.1 Å². The van der Waals surface area contributed by atoms with E-state index in [-0.39, 0.29) is 5.91 Å². The molecule has 0 bridgehead atoms. The largest absolute Gasteiger partial charge is 0.463 e. The second-order valence-electron chi connectivity index (χ2n) is 3.79. The first-order valence-corrected chi connectivity index (χ1v) is 5.74. The number of amides is 1. The van der Waals surface area contributed by atoms with Crippen molar-refractivity contribution in [2.75, 3.05) is 0 Å². The third-order valence-corrected chi connectivity index (χ3v) is 2.41. The maximum Gasteiger partial charge on any atom is 0.240 e. The van der Waals surface area contributed by atoms with E-state index in [4.69, 9.17) is 4.42 Å². The van der Waals surface area contributed by atoms with E-state index in [0.717, 1.165) is 5.56 Å². The number of aryl methyl sites for hydroxylation is 1. The summed E-state index contributed by atoms with van der Waals surface area (Å²) in [5.41, 5.74) is 3.60. The molecule has 4 heteroatoms. The van der Waals surface area contributed by atoms with E-state index in [0.29, 0.717) is 18.6 Å².